The summed E-state index contributed by atoms with van der Waals surface area (Å²) in [4.78, 5) is 5.18. The maximum atomic E-state index is 5.18. The van der Waals surface area contributed by atoms with Crippen LogP contribution in [0.5, 0.6) is 0 Å². The van der Waals surface area contributed by atoms with Gasteiger partial charge in [0.05, 0.1) is 11.3 Å². The molecular formula is C23H27N. The molecule has 1 aliphatic rings. The van der Waals surface area contributed by atoms with E-state index in [2.05, 4.69) is 81.9 Å². The molecule has 24 heavy (non-hydrogen) atoms. The molecule has 0 saturated heterocycles. The maximum Gasteiger partial charge on any atom is 0.0596 e. The number of allylic oxidation sites excluding steroid dienone is 1. The summed E-state index contributed by atoms with van der Waals surface area (Å²) in [5, 5.41) is 0. The predicted octanol–water partition coefficient (Wildman–Crippen LogP) is 5.94. The second-order valence-electron chi connectivity index (χ2n) is 7.38. The highest BCUT2D eigenvalue weighted by atomic mass is 14.9. The molecule has 1 heteroatoms. The number of fused-ring (bicyclic) bond motifs is 1. The van der Waals surface area contributed by atoms with Crippen LogP contribution in [0.4, 0.5) is 0 Å². The zero-order valence-corrected chi connectivity index (χ0v) is 15.0. The molecule has 124 valence electrons. The molecule has 0 radical (unpaired) electrons. The van der Waals surface area contributed by atoms with Crippen LogP contribution in [0.1, 0.15) is 50.3 Å². The summed E-state index contributed by atoms with van der Waals surface area (Å²) in [6.45, 7) is 11.2. The van der Waals surface area contributed by atoms with Gasteiger partial charge in [-0.3, -0.25) is 4.99 Å². The second-order valence-corrected chi connectivity index (χ2v) is 7.38. The van der Waals surface area contributed by atoms with Gasteiger partial charge >= 0.3 is 0 Å². The molecule has 0 aromatic heterocycles. The van der Waals surface area contributed by atoms with Crippen molar-refractivity contribution in [2.75, 3.05) is 0 Å². The minimum Gasteiger partial charge on any atom is -0.282 e. The van der Waals surface area contributed by atoms with E-state index >= 15 is 0 Å². The van der Waals surface area contributed by atoms with Gasteiger partial charge in [0, 0.05) is 5.92 Å². The third kappa shape index (κ3) is 3.36. The molecule has 0 N–H and O–H groups in total. The SMILES string of the molecule is C=C(c1ccccc1)C(CCC)C1=NC(C)(C)Cc2ccccc21. The van der Waals surface area contributed by atoms with Gasteiger partial charge in [0.25, 0.3) is 0 Å². The smallest absolute Gasteiger partial charge is 0.0596 e. The fraction of sp³-hybridized carbons (Fsp3) is 0.348. The van der Waals surface area contributed by atoms with Gasteiger partial charge in [-0.05, 0) is 49.0 Å². The van der Waals surface area contributed by atoms with Gasteiger partial charge < -0.3 is 0 Å². The Hall–Kier alpha value is -2.15. The lowest BCUT2D eigenvalue weighted by Gasteiger charge is -2.33. The molecule has 3 rings (SSSR count). The zero-order chi connectivity index (χ0) is 17.2. The zero-order valence-electron chi connectivity index (χ0n) is 15.0. The van der Waals surface area contributed by atoms with Crippen LogP contribution in [-0.4, -0.2) is 11.3 Å². The normalized spacial score (nSPS) is 16.9. The summed E-state index contributed by atoms with van der Waals surface area (Å²) < 4.78 is 0. The van der Waals surface area contributed by atoms with Crippen molar-refractivity contribution in [3.05, 3.63) is 77.9 Å². The monoisotopic (exact) mass is 317 g/mol. The molecule has 1 heterocycles. The Bertz CT molecular complexity index is 753. The molecule has 2 aromatic rings. The lowest BCUT2D eigenvalue weighted by molar-refractivity contribution is 0.507. The largest absolute Gasteiger partial charge is 0.282 e. The first kappa shape index (κ1) is 16.7. The van der Waals surface area contributed by atoms with Crippen molar-refractivity contribution in [1.82, 2.24) is 0 Å². The van der Waals surface area contributed by atoms with Crippen LogP contribution in [-0.2, 0) is 6.42 Å². The lowest BCUT2D eigenvalue weighted by atomic mass is 9.78. The highest BCUT2D eigenvalue weighted by Gasteiger charge is 2.31. The van der Waals surface area contributed by atoms with Gasteiger partial charge in [0.2, 0.25) is 0 Å². The molecule has 0 amide bonds. The Kier molecular flexibility index (Phi) is 4.71. The van der Waals surface area contributed by atoms with Crippen molar-refractivity contribution in [3.8, 4) is 0 Å². The van der Waals surface area contributed by atoms with E-state index in [0.717, 1.165) is 19.3 Å². The lowest BCUT2D eigenvalue weighted by Crippen LogP contribution is -2.32. The number of hydrogen-bond donors (Lipinski definition) is 0. The third-order valence-corrected chi connectivity index (χ3v) is 4.81. The fourth-order valence-corrected chi connectivity index (χ4v) is 3.70. The van der Waals surface area contributed by atoms with Crippen molar-refractivity contribution in [2.45, 2.75) is 45.6 Å². The van der Waals surface area contributed by atoms with E-state index < -0.39 is 0 Å². The quantitative estimate of drug-likeness (QED) is 0.647. The number of nitrogens with zero attached hydrogens (tertiary/aromatic N) is 1. The summed E-state index contributed by atoms with van der Waals surface area (Å²) in [7, 11) is 0. The van der Waals surface area contributed by atoms with E-state index in [0.29, 0.717) is 0 Å². The minimum absolute atomic E-state index is 0.0490. The van der Waals surface area contributed by atoms with Crippen LogP contribution in [0.25, 0.3) is 5.57 Å². The van der Waals surface area contributed by atoms with Crippen LogP contribution in [0, 0.1) is 5.92 Å². The number of benzene rings is 2. The Morgan fingerprint density at radius 2 is 1.75 bits per heavy atom. The molecule has 1 nitrogen and oxygen atoms in total. The van der Waals surface area contributed by atoms with E-state index in [1.165, 1.54) is 28.0 Å². The van der Waals surface area contributed by atoms with E-state index in [9.17, 15) is 0 Å². The summed E-state index contributed by atoms with van der Waals surface area (Å²) in [6.07, 6.45) is 3.21. The van der Waals surface area contributed by atoms with Crippen molar-refractivity contribution < 1.29 is 0 Å². The number of rotatable bonds is 5. The molecule has 0 spiro atoms. The fourth-order valence-electron chi connectivity index (χ4n) is 3.70. The van der Waals surface area contributed by atoms with Crippen LogP contribution < -0.4 is 0 Å². The van der Waals surface area contributed by atoms with E-state index in [4.69, 9.17) is 4.99 Å². The molecule has 1 atom stereocenters. The molecule has 0 aliphatic carbocycles. The minimum atomic E-state index is -0.0490. The first-order valence-corrected chi connectivity index (χ1v) is 8.94. The molecule has 1 aliphatic heterocycles. The first-order valence-electron chi connectivity index (χ1n) is 8.94. The van der Waals surface area contributed by atoms with Gasteiger partial charge in [-0.15, -0.1) is 0 Å². The van der Waals surface area contributed by atoms with E-state index in [-0.39, 0.29) is 11.5 Å². The van der Waals surface area contributed by atoms with E-state index in [1.807, 2.05) is 0 Å². The van der Waals surface area contributed by atoms with Crippen LogP contribution in [0.3, 0.4) is 0 Å². The van der Waals surface area contributed by atoms with Crippen LogP contribution >= 0.6 is 0 Å². The highest BCUT2D eigenvalue weighted by Crippen LogP contribution is 2.35. The van der Waals surface area contributed by atoms with E-state index in [1.54, 1.807) is 0 Å². The van der Waals surface area contributed by atoms with Crippen LogP contribution in [0.2, 0.25) is 0 Å². The van der Waals surface area contributed by atoms with Crippen molar-refractivity contribution >= 4 is 11.3 Å². The molecular weight excluding hydrogens is 290 g/mol. The van der Waals surface area contributed by atoms with Crippen molar-refractivity contribution in [2.24, 2.45) is 10.9 Å². The molecule has 1 unspecified atom stereocenters. The molecule has 2 aromatic carbocycles. The second kappa shape index (κ2) is 6.76. The number of aliphatic imine (C=N–C) groups is 1. The Labute approximate surface area is 146 Å². The van der Waals surface area contributed by atoms with Crippen molar-refractivity contribution in [3.63, 3.8) is 0 Å². The predicted molar refractivity (Wildman–Crippen MR) is 105 cm³/mol. The topological polar surface area (TPSA) is 12.4 Å². The van der Waals surface area contributed by atoms with Gasteiger partial charge in [-0.2, -0.15) is 0 Å². The Balaban J connectivity index is 2.07. The van der Waals surface area contributed by atoms with Gasteiger partial charge in [-0.25, -0.2) is 0 Å². The van der Waals surface area contributed by atoms with Crippen LogP contribution in [0.15, 0.2) is 66.2 Å². The first-order chi connectivity index (χ1) is 11.5. The summed E-state index contributed by atoms with van der Waals surface area (Å²) in [5.74, 6) is 0.276. The Morgan fingerprint density at radius 3 is 2.46 bits per heavy atom. The van der Waals surface area contributed by atoms with Crippen molar-refractivity contribution in [1.29, 1.82) is 0 Å². The van der Waals surface area contributed by atoms with Gasteiger partial charge in [-0.1, -0.05) is 74.5 Å². The van der Waals surface area contributed by atoms with Gasteiger partial charge in [0.15, 0.2) is 0 Å². The molecule has 0 saturated carbocycles. The summed E-state index contributed by atoms with van der Waals surface area (Å²) >= 11 is 0. The standard InChI is InChI=1S/C23H27N/c1-5-11-20(17(2)18-12-7-6-8-13-18)22-21-15-10-9-14-19(21)16-23(3,4)24-22/h6-10,12-15,20H,2,5,11,16H2,1,3-4H3. The Morgan fingerprint density at radius 1 is 1.08 bits per heavy atom. The average molecular weight is 317 g/mol. The van der Waals surface area contributed by atoms with Gasteiger partial charge in [0.1, 0.15) is 0 Å². The molecule has 0 fully saturated rings. The summed E-state index contributed by atoms with van der Waals surface area (Å²) in [5.41, 5.74) is 6.30. The molecule has 0 bridgehead atoms. The highest BCUT2D eigenvalue weighted by molar-refractivity contribution is 6.09. The number of hydrogen-bond acceptors (Lipinski definition) is 1. The average Bonchev–Trinajstić information content (AvgIpc) is 2.58. The summed E-state index contributed by atoms with van der Waals surface area (Å²) in [6, 6.07) is 19.3. The third-order valence-electron chi connectivity index (χ3n) is 4.81. The maximum absolute atomic E-state index is 5.18.